The van der Waals surface area contributed by atoms with Crippen LogP contribution in [0.2, 0.25) is 0 Å². The van der Waals surface area contributed by atoms with Gasteiger partial charge in [-0.3, -0.25) is 0 Å². The molecule has 92 valence electrons. The zero-order valence-corrected chi connectivity index (χ0v) is 10.5. The molecule has 0 aromatic carbocycles. The van der Waals surface area contributed by atoms with Crippen molar-refractivity contribution < 1.29 is 12.9 Å². The first-order valence-electron chi connectivity index (χ1n) is 5.06. The topological polar surface area (TPSA) is 99.1 Å². The van der Waals surface area contributed by atoms with Gasteiger partial charge in [-0.05, 0) is 19.4 Å². The van der Waals surface area contributed by atoms with Crippen molar-refractivity contribution in [3.63, 3.8) is 0 Å². The number of hydrogen-bond acceptors (Lipinski definition) is 6. The van der Waals surface area contributed by atoms with Crippen LogP contribution in [0.15, 0.2) is 4.52 Å². The van der Waals surface area contributed by atoms with E-state index < -0.39 is 15.1 Å². The van der Waals surface area contributed by atoms with Crippen molar-refractivity contribution in [3.8, 4) is 0 Å². The number of rotatable bonds is 5. The van der Waals surface area contributed by atoms with Gasteiger partial charge >= 0.3 is 0 Å². The molecule has 1 heterocycles. The van der Waals surface area contributed by atoms with E-state index in [1.54, 1.807) is 0 Å². The molecule has 0 aliphatic heterocycles. The molecular weight excluding hydrogens is 230 g/mol. The first-order chi connectivity index (χ1) is 7.34. The van der Waals surface area contributed by atoms with Gasteiger partial charge in [-0.2, -0.15) is 4.98 Å². The maximum atomic E-state index is 11.3. The summed E-state index contributed by atoms with van der Waals surface area (Å²) in [7, 11) is -3.19. The van der Waals surface area contributed by atoms with Crippen LogP contribution in [0, 0.1) is 5.92 Å². The maximum Gasteiger partial charge on any atom is 0.227 e. The van der Waals surface area contributed by atoms with E-state index in [-0.39, 0.29) is 11.7 Å². The Hall–Kier alpha value is -0.950. The fraction of sp³-hybridized carbons (Fsp3) is 0.778. The summed E-state index contributed by atoms with van der Waals surface area (Å²) in [6.07, 6.45) is 1.72. The number of hydrogen-bond donors (Lipinski definition) is 1. The smallest absolute Gasteiger partial charge is 0.227 e. The second kappa shape index (κ2) is 4.92. The van der Waals surface area contributed by atoms with Gasteiger partial charge in [-0.15, -0.1) is 0 Å². The molecule has 2 N–H and O–H groups in total. The second-order valence-electron chi connectivity index (χ2n) is 4.06. The number of nitrogens with zero attached hydrogens (tertiary/aromatic N) is 2. The van der Waals surface area contributed by atoms with Crippen LogP contribution in [0.5, 0.6) is 0 Å². The van der Waals surface area contributed by atoms with Crippen LogP contribution in [0.25, 0.3) is 0 Å². The van der Waals surface area contributed by atoms with Crippen molar-refractivity contribution in [2.24, 2.45) is 11.7 Å². The predicted molar refractivity (Wildman–Crippen MR) is 59.5 cm³/mol. The normalized spacial score (nSPS) is 16.0. The highest BCUT2D eigenvalue weighted by molar-refractivity contribution is 7.90. The van der Waals surface area contributed by atoms with E-state index in [1.807, 2.05) is 6.92 Å². The van der Waals surface area contributed by atoms with Crippen molar-refractivity contribution in [2.45, 2.75) is 25.5 Å². The second-order valence-corrected chi connectivity index (χ2v) is 6.43. The van der Waals surface area contributed by atoms with Crippen molar-refractivity contribution in [1.82, 2.24) is 10.1 Å². The van der Waals surface area contributed by atoms with Gasteiger partial charge in [0.05, 0.1) is 0 Å². The lowest BCUT2D eigenvalue weighted by molar-refractivity contribution is 0.355. The summed E-state index contributed by atoms with van der Waals surface area (Å²) in [5.41, 5.74) is 5.47. The first kappa shape index (κ1) is 13.1. The molecule has 0 amide bonds. The standard InChI is InChI=1S/C9H17N3O3S/c1-6(5-10)4-8-11-9(12-15-8)7(2)16(3,13)14/h6-7H,4-5,10H2,1-3H3. The van der Waals surface area contributed by atoms with E-state index >= 15 is 0 Å². The van der Waals surface area contributed by atoms with Gasteiger partial charge < -0.3 is 10.3 Å². The maximum absolute atomic E-state index is 11.3. The molecule has 0 fully saturated rings. The van der Waals surface area contributed by atoms with E-state index in [2.05, 4.69) is 10.1 Å². The average molecular weight is 247 g/mol. The highest BCUT2D eigenvalue weighted by Crippen LogP contribution is 2.18. The monoisotopic (exact) mass is 247 g/mol. The van der Waals surface area contributed by atoms with Gasteiger partial charge in [0.15, 0.2) is 15.7 Å². The van der Waals surface area contributed by atoms with Crippen LogP contribution in [-0.2, 0) is 16.3 Å². The third kappa shape index (κ3) is 3.28. The van der Waals surface area contributed by atoms with Crippen LogP contribution in [-0.4, -0.2) is 31.4 Å². The molecule has 2 atom stereocenters. The molecule has 0 saturated carbocycles. The van der Waals surface area contributed by atoms with E-state index in [9.17, 15) is 8.42 Å². The summed E-state index contributed by atoms with van der Waals surface area (Å²) in [5, 5.41) is 2.93. The van der Waals surface area contributed by atoms with Gasteiger partial charge in [-0.1, -0.05) is 12.1 Å². The van der Waals surface area contributed by atoms with E-state index in [4.69, 9.17) is 10.3 Å². The summed E-state index contributed by atoms with van der Waals surface area (Å²) in [6.45, 7) is 4.03. The third-order valence-corrected chi connectivity index (χ3v) is 3.91. The zero-order valence-electron chi connectivity index (χ0n) is 9.67. The molecule has 0 saturated heterocycles. The summed E-state index contributed by atoms with van der Waals surface area (Å²) in [5.74, 6) is 0.881. The lowest BCUT2D eigenvalue weighted by atomic mass is 10.1. The molecule has 1 rings (SSSR count). The fourth-order valence-corrected chi connectivity index (χ4v) is 1.57. The Kier molecular flexibility index (Phi) is 4.03. The van der Waals surface area contributed by atoms with Gasteiger partial charge in [0.25, 0.3) is 0 Å². The first-order valence-corrected chi connectivity index (χ1v) is 7.01. The van der Waals surface area contributed by atoms with Crippen molar-refractivity contribution >= 4 is 9.84 Å². The van der Waals surface area contributed by atoms with Gasteiger partial charge in [0, 0.05) is 12.7 Å². The molecular formula is C9H17N3O3S. The quantitative estimate of drug-likeness (QED) is 0.804. The average Bonchev–Trinajstić information content (AvgIpc) is 2.63. The minimum absolute atomic E-state index is 0.210. The molecule has 0 spiro atoms. The van der Waals surface area contributed by atoms with Crippen LogP contribution in [0.3, 0.4) is 0 Å². The summed E-state index contributed by atoms with van der Waals surface area (Å²) in [4.78, 5) is 4.05. The Balaban J connectivity index is 2.79. The summed E-state index contributed by atoms with van der Waals surface area (Å²) >= 11 is 0. The van der Waals surface area contributed by atoms with Crippen LogP contribution in [0.1, 0.15) is 30.8 Å². The lowest BCUT2D eigenvalue weighted by Crippen LogP contribution is -2.13. The van der Waals surface area contributed by atoms with Crippen molar-refractivity contribution in [3.05, 3.63) is 11.7 Å². The minimum Gasteiger partial charge on any atom is -0.339 e. The Labute approximate surface area is 95.1 Å². The highest BCUT2D eigenvalue weighted by atomic mass is 32.2. The van der Waals surface area contributed by atoms with Gasteiger partial charge in [-0.25, -0.2) is 8.42 Å². The molecule has 6 nitrogen and oxygen atoms in total. The van der Waals surface area contributed by atoms with E-state index in [0.29, 0.717) is 18.9 Å². The molecule has 0 aliphatic rings. The van der Waals surface area contributed by atoms with Crippen LogP contribution in [0.4, 0.5) is 0 Å². The van der Waals surface area contributed by atoms with Gasteiger partial charge in [0.1, 0.15) is 5.25 Å². The minimum atomic E-state index is -3.19. The Morgan fingerprint density at radius 2 is 2.06 bits per heavy atom. The zero-order chi connectivity index (χ0) is 12.3. The number of sulfone groups is 1. The molecule has 1 aromatic heterocycles. The van der Waals surface area contributed by atoms with Crippen LogP contribution >= 0.6 is 0 Å². The number of nitrogens with two attached hydrogens (primary N) is 1. The van der Waals surface area contributed by atoms with Crippen molar-refractivity contribution in [2.75, 3.05) is 12.8 Å². The Bertz CT molecular complexity index is 441. The summed E-state index contributed by atoms with van der Waals surface area (Å²) in [6, 6.07) is 0. The molecule has 16 heavy (non-hydrogen) atoms. The highest BCUT2D eigenvalue weighted by Gasteiger charge is 2.23. The van der Waals surface area contributed by atoms with Crippen LogP contribution < -0.4 is 5.73 Å². The van der Waals surface area contributed by atoms with Crippen molar-refractivity contribution in [1.29, 1.82) is 0 Å². The molecule has 7 heteroatoms. The Morgan fingerprint density at radius 1 is 1.44 bits per heavy atom. The SMILES string of the molecule is CC(CN)Cc1nc(C(C)S(C)(=O)=O)no1. The largest absolute Gasteiger partial charge is 0.339 e. The lowest BCUT2D eigenvalue weighted by Gasteiger charge is -2.03. The molecule has 0 radical (unpaired) electrons. The molecule has 2 unspecified atom stereocenters. The fourth-order valence-electron chi connectivity index (χ4n) is 1.09. The summed E-state index contributed by atoms with van der Waals surface area (Å²) < 4.78 is 27.5. The number of aromatic nitrogens is 2. The predicted octanol–water partition coefficient (Wildman–Crippen LogP) is 0.313. The Morgan fingerprint density at radius 3 is 2.56 bits per heavy atom. The molecule has 0 aliphatic carbocycles. The van der Waals surface area contributed by atoms with E-state index in [0.717, 1.165) is 6.26 Å². The van der Waals surface area contributed by atoms with Gasteiger partial charge in [0.2, 0.25) is 5.89 Å². The molecule has 0 bridgehead atoms. The molecule has 1 aromatic rings. The van der Waals surface area contributed by atoms with E-state index in [1.165, 1.54) is 6.92 Å². The third-order valence-electron chi connectivity index (χ3n) is 2.42.